The van der Waals surface area contributed by atoms with E-state index in [1.807, 2.05) is 48.5 Å². The number of likely N-dealkylation sites (tertiary alicyclic amines) is 1. The highest BCUT2D eigenvalue weighted by Gasteiger charge is 2.26. The molecule has 1 saturated heterocycles. The lowest BCUT2D eigenvalue weighted by atomic mass is 9.95. The first kappa shape index (κ1) is 24.1. The van der Waals surface area contributed by atoms with E-state index >= 15 is 0 Å². The van der Waals surface area contributed by atoms with Crippen molar-refractivity contribution in [3.8, 4) is 0 Å². The van der Waals surface area contributed by atoms with Gasteiger partial charge in [-0.25, -0.2) is 4.39 Å². The summed E-state index contributed by atoms with van der Waals surface area (Å²) in [7, 11) is 0. The predicted molar refractivity (Wildman–Crippen MR) is 135 cm³/mol. The highest BCUT2D eigenvalue weighted by Crippen LogP contribution is 2.31. The van der Waals surface area contributed by atoms with Gasteiger partial charge in [-0.15, -0.1) is 11.8 Å². The first-order chi connectivity index (χ1) is 16.0. The standard InChI is InChI=1S/C26H25Cl2FN2OS/c27-21-8-5-18(6-9-21)17-33-25-4-2-1-3-24(25)30-26(32)19-11-13-31(14-12-19)16-20-7-10-22(28)15-23(20)29/h1-10,15,19H,11-14,16-17H2,(H,30,32). The molecule has 1 N–H and O–H groups in total. The quantitative estimate of drug-likeness (QED) is 0.344. The lowest BCUT2D eigenvalue weighted by Crippen LogP contribution is -2.38. The molecule has 0 aromatic heterocycles. The number of benzene rings is 3. The predicted octanol–water partition coefficient (Wildman–Crippen LogP) is 7.28. The van der Waals surface area contributed by atoms with Crippen LogP contribution in [0.4, 0.5) is 10.1 Å². The van der Waals surface area contributed by atoms with Crippen molar-refractivity contribution in [1.82, 2.24) is 4.90 Å². The fourth-order valence-electron chi connectivity index (χ4n) is 3.92. The van der Waals surface area contributed by atoms with Gasteiger partial charge in [0.25, 0.3) is 0 Å². The lowest BCUT2D eigenvalue weighted by Gasteiger charge is -2.31. The van der Waals surface area contributed by atoms with E-state index in [-0.39, 0.29) is 17.6 Å². The SMILES string of the molecule is O=C(Nc1ccccc1SCc1ccc(Cl)cc1)C1CCN(Cc2ccc(Cl)cc2F)CC1. The highest BCUT2D eigenvalue weighted by molar-refractivity contribution is 7.98. The highest BCUT2D eigenvalue weighted by atomic mass is 35.5. The molecule has 1 amide bonds. The fraction of sp³-hybridized carbons (Fsp3) is 0.269. The average molecular weight is 503 g/mol. The van der Waals surface area contributed by atoms with Crippen molar-refractivity contribution in [2.75, 3.05) is 18.4 Å². The summed E-state index contributed by atoms with van der Waals surface area (Å²) in [5, 5.41) is 4.26. The molecule has 7 heteroatoms. The molecule has 1 fully saturated rings. The minimum absolute atomic E-state index is 0.0480. The van der Waals surface area contributed by atoms with Gasteiger partial charge in [0.1, 0.15) is 5.82 Å². The van der Waals surface area contributed by atoms with Crippen molar-refractivity contribution >= 4 is 46.6 Å². The molecule has 3 aromatic carbocycles. The van der Waals surface area contributed by atoms with Crippen LogP contribution in [-0.4, -0.2) is 23.9 Å². The number of rotatable bonds is 7. The van der Waals surface area contributed by atoms with Crippen molar-refractivity contribution in [1.29, 1.82) is 0 Å². The molecular formula is C26H25Cl2FN2OS. The Balaban J connectivity index is 1.30. The van der Waals surface area contributed by atoms with Gasteiger partial charge < -0.3 is 5.32 Å². The Bertz CT molecular complexity index is 1100. The lowest BCUT2D eigenvalue weighted by molar-refractivity contribution is -0.121. The largest absolute Gasteiger partial charge is 0.325 e. The second-order valence-corrected chi connectivity index (χ2v) is 10.1. The molecule has 3 aromatic rings. The van der Waals surface area contributed by atoms with Crippen molar-refractivity contribution in [3.05, 3.63) is 93.7 Å². The van der Waals surface area contributed by atoms with Crippen molar-refractivity contribution in [3.63, 3.8) is 0 Å². The third-order valence-electron chi connectivity index (χ3n) is 5.82. The second-order valence-electron chi connectivity index (χ2n) is 8.19. The van der Waals surface area contributed by atoms with E-state index in [4.69, 9.17) is 23.2 Å². The summed E-state index contributed by atoms with van der Waals surface area (Å²) < 4.78 is 14.1. The van der Waals surface area contributed by atoms with Gasteiger partial charge in [-0.1, -0.05) is 53.5 Å². The monoisotopic (exact) mass is 502 g/mol. The number of nitrogens with zero attached hydrogens (tertiary/aromatic N) is 1. The Morgan fingerprint density at radius 3 is 2.42 bits per heavy atom. The van der Waals surface area contributed by atoms with Gasteiger partial charge >= 0.3 is 0 Å². The van der Waals surface area contributed by atoms with Crippen LogP contribution in [0.1, 0.15) is 24.0 Å². The molecule has 0 unspecified atom stereocenters. The molecule has 1 heterocycles. The first-order valence-corrected chi connectivity index (χ1v) is 12.7. The number of thioether (sulfide) groups is 1. The number of carbonyl (C=O) groups excluding carboxylic acids is 1. The Kier molecular flexibility index (Phi) is 8.31. The minimum atomic E-state index is -0.282. The molecule has 3 nitrogen and oxygen atoms in total. The zero-order chi connectivity index (χ0) is 23.2. The number of nitrogens with one attached hydrogen (secondary N) is 1. The molecule has 1 aliphatic rings. The summed E-state index contributed by atoms with van der Waals surface area (Å²) in [4.78, 5) is 16.2. The number of piperidine rings is 1. The van der Waals surface area contributed by atoms with E-state index in [0.29, 0.717) is 17.1 Å². The van der Waals surface area contributed by atoms with E-state index in [1.54, 1.807) is 23.9 Å². The van der Waals surface area contributed by atoms with Crippen LogP contribution in [0.5, 0.6) is 0 Å². The summed E-state index contributed by atoms with van der Waals surface area (Å²) in [5.74, 6) is 0.511. The van der Waals surface area contributed by atoms with E-state index in [1.165, 1.54) is 11.6 Å². The van der Waals surface area contributed by atoms with Crippen LogP contribution in [0, 0.1) is 11.7 Å². The Hall–Kier alpha value is -2.05. The molecular weight excluding hydrogens is 478 g/mol. The molecule has 0 spiro atoms. The third kappa shape index (κ3) is 6.73. The zero-order valence-corrected chi connectivity index (χ0v) is 20.4. The Morgan fingerprint density at radius 2 is 1.70 bits per heavy atom. The maximum Gasteiger partial charge on any atom is 0.227 e. The van der Waals surface area contributed by atoms with Gasteiger partial charge in [0.15, 0.2) is 0 Å². The van der Waals surface area contributed by atoms with Gasteiger partial charge in [-0.3, -0.25) is 9.69 Å². The number of hydrogen-bond acceptors (Lipinski definition) is 3. The molecule has 33 heavy (non-hydrogen) atoms. The smallest absolute Gasteiger partial charge is 0.227 e. The zero-order valence-electron chi connectivity index (χ0n) is 18.1. The normalized spacial score (nSPS) is 14.9. The van der Waals surface area contributed by atoms with Gasteiger partial charge in [0.2, 0.25) is 5.91 Å². The van der Waals surface area contributed by atoms with Crippen LogP contribution < -0.4 is 5.32 Å². The van der Waals surface area contributed by atoms with Crippen LogP contribution in [0.3, 0.4) is 0 Å². The molecule has 172 valence electrons. The van der Waals surface area contributed by atoms with Crippen LogP contribution in [0.25, 0.3) is 0 Å². The Morgan fingerprint density at radius 1 is 1.00 bits per heavy atom. The molecule has 0 atom stereocenters. The molecule has 0 saturated carbocycles. The number of hydrogen-bond donors (Lipinski definition) is 1. The summed E-state index contributed by atoms with van der Waals surface area (Å²) >= 11 is 13.5. The van der Waals surface area contributed by atoms with Crippen LogP contribution in [0.2, 0.25) is 10.0 Å². The Labute approximate surface area is 208 Å². The topological polar surface area (TPSA) is 32.3 Å². The van der Waals surface area contributed by atoms with Gasteiger partial charge in [0.05, 0.1) is 5.69 Å². The van der Waals surface area contributed by atoms with E-state index < -0.39 is 0 Å². The van der Waals surface area contributed by atoms with E-state index in [9.17, 15) is 9.18 Å². The summed E-state index contributed by atoms with van der Waals surface area (Å²) in [5.41, 5.74) is 2.65. The molecule has 4 rings (SSSR count). The third-order valence-corrected chi connectivity index (χ3v) is 7.45. The molecule has 0 bridgehead atoms. The van der Waals surface area contributed by atoms with E-state index in [2.05, 4.69) is 10.2 Å². The van der Waals surface area contributed by atoms with Gasteiger partial charge in [0, 0.05) is 38.7 Å². The summed E-state index contributed by atoms with van der Waals surface area (Å²) in [6.07, 6.45) is 1.50. The summed E-state index contributed by atoms with van der Waals surface area (Å²) in [6.45, 7) is 2.04. The van der Waals surface area contributed by atoms with E-state index in [0.717, 1.165) is 47.3 Å². The average Bonchev–Trinajstić information content (AvgIpc) is 2.82. The molecule has 0 aliphatic carbocycles. The van der Waals surface area contributed by atoms with Gasteiger partial charge in [-0.05, 0) is 67.9 Å². The van der Waals surface area contributed by atoms with Crippen molar-refractivity contribution < 1.29 is 9.18 Å². The number of carbonyl (C=O) groups is 1. The maximum atomic E-state index is 14.1. The van der Waals surface area contributed by atoms with Crippen molar-refractivity contribution in [2.45, 2.75) is 30.0 Å². The minimum Gasteiger partial charge on any atom is -0.325 e. The molecule has 1 aliphatic heterocycles. The number of anilines is 1. The second kappa shape index (κ2) is 11.4. The van der Waals surface area contributed by atoms with Crippen LogP contribution in [-0.2, 0) is 17.1 Å². The summed E-state index contributed by atoms with van der Waals surface area (Å²) in [6, 6.07) is 20.5. The number of amides is 1. The molecule has 0 radical (unpaired) electrons. The first-order valence-electron chi connectivity index (χ1n) is 10.9. The van der Waals surface area contributed by atoms with Gasteiger partial charge in [-0.2, -0.15) is 0 Å². The fourth-order valence-corrected chi connectivity index (χ4v) is 5.17. The number of halogens is 3. The van der Waals surface area contributed by atoms with Crippen LogP contribution in [0.15, 0.2) is 71.6 Å². The van der Waals surface area contributed by atoms with Crippen molar-refractivity contribution in [2.24, 2.45) is 5.92 Å². The van der Waals surface area contributed by atoms with Crippen LogP contribution >= 0.6 is 35.0 Å². The number of para-hydroxylation sites is 1. The maximum absolute atomic E-state index is 14.1.